The van der Waals surface area contributed by atoms with Gasteiger partial charge in [-0.05, 0) is 36.1 Å². The predicted molar refractivity (Wildman–Crippen MR) is 77.6 cm³/mol. The van der Waals surface area contributed by atoms with E-state index in [1.165, 1.54) is 5.56 Å². The molecule has 100 valence electrons. The Hall–Kier alpha value is -1.80. The van der Waals surface area contributed by atoms with Gasteiger partial charge >= 0.3 is 0 Å². The summed E-state index contributed by atoms with van der Waals surface area (Å²) in [6, 6.07) is 13.9. The molecule has 0 amide bonds. The smallest absolute Gasteiger partial charge is 0.125 e. The highest BCUT2D eigenvalue weighted by Gasteiger charge is 2.15. The van der Waals surface area contributed by atoms with E-state index in [9.17, 15) is 5.11 Å². The summed E-state index contributed by atoms with van der Waals surface area (Å²) in [7, 11) is 1.63. The summed E-state index contributed by atoms with van der Waals surface area (Å²) in [5, 5.41) is 10.5. The van der Waals surface area contributed by atoms with Crippen molar-refractivity contribution in [2.24, 2.45) is 0 Å². The molecule has 2 aromatic rings. The molecular weight excluding hydrogens is 236 g/mol. The van der Waals surface area contributed by atoms with Crippen LogP contribution in [0.5, 0.6) is 5.75 Å². The van der Waals surface area contributed by atoms with Gasteiger partial charge in [0, 0.05) is 5.56 Å². The molecule has 2 nitrogen and oxygen atoms in total. The third kappa shape index (κ3) is 2.96. The van der Waals surface area contributed by atoms with Crippen molar-refractivity contribution in [3.05, 3.63) is 64.7 Å². The molecule has 0 aromatic heterocycles. The molecule has 2 rings (SSSR count). The topological polar surface area (TPSA) is 29.5 Å². The molecule has 2 heteroatoms. The molecule has 1 unspecified atom stereocenters. The van der Waals surface area contributed by atoms with Crippen molar-refractivity contribution in [3.8, 4) is 5.75 Å². The molecule has 0 aliphatic rings. The summed E-state index contributed by atoms with van der Waals surface area (Å²) < 4.78 is 5.35. The Morgan fingerprint density at radius 1 is 1.11 bits per heavy atom. The van der Waals surface area contributed by atoms with E-state index in [1.807, 2.05) is 37.3 Å². The summed E-state index contributed by atoms with van der Waals surface area (Å²) in [6.45, 7) is 4.13. The van der Waals surface area contributed by atoms with E-state index in [0.29, 0.717) is 0 Å². The predicted octanol–water partition coefficient (Wildman–Crippen LogP) is 3.65. The third-order valence-electron chi connectivity index (χ3n) is 3.39. The van der Waals surface area contributed by atoms with Crippen LogP contribution in [0.3, 0.4) is 0 Å². The van der Waals surface area contributed by atoms with Crippen molar-refractivity contribution in [1.82, 2.24) is 0 Å². The number of aryl methyl sites for hydroxylation is 2. The van der Waals surface area contributed by atoms with Gasteiger partial charge < -0.3 is 9.84 Å². The highest BCUT2D eigenvalue weighted by Crippen LogP contribution is 2.30. The van der Waals surface area contributed by atoms with Crippen molar-refractivity contribution < 1.29 is 9.84 Å². The van der Waals surface area contributed by atoms with Crippen LogP contribution in [-0.2, 0) is 6.42 Å². The van der Waals surface area contributed by atoms with Crippen LogP contribution in [0, 0.1) is 6.92 Å². The Morgan fingerprint density at radius 2 is 1.79 bits per heavy atom. The lowest BCUT2D eigenvalue weighted by Crippen LogP contribution is -2.03. The number of hydrogen-bond acceptors (Lipinski definition) is 2. The number of aliphatic hydroxyl groups is 1. The van der Waals surface area contributed by atoms with Gasteiger partial charge in [0.25, 0.3) is 0 Å². The van der Waals surface area contributed by atoms with E-state index < -0.39 is 6.10 Å². The molecule has 1 atom stereocenters. The van der Waals surface area contributed by atoms with Crippen molar-refractivity contribution in [2.75, 3.05) is 7.11 Å². The number of methoxy groups -OCH3 is 1. The standard InChI is InChI=1S/C17H20O2/c1-4-13-6-8-14(9-7-13)17(18)15-10-5-12(2)11-16(15)19-3/h5-11,17-18H,4H2,1-3H3. The van der Waals surface area contributed by atoms with Gasteiger partial charge in [0.15, 0.2) is 0 Å². The first-order valence-electron chi connectivity index (χ1n) is 6.57. The second-order valence-electron chi connectivity index (χ2n) is 4.74. The van der Waals surface area contributed by atoms with Crippen LogP contribution in [-0.4, -0.2) is 12.2 Å². The van der Waals surface area contributed by atoms with Gasteiger partial charge in [-0.3, -0.25) is 0 Å². The summed E-state index contributed by atoms with van der Waals surface area (Å²) in [5.41, 5.74) is 4.08. The van der Waals surface area contributed by atoms with E-state index in [4.69, 9.17) is 4.74 Å². The normalized spacial score (nSPS) is 12.2. The quantitative estimate of drug-likeness (QED) is 0.904. The molecular formula is C17H20O2. The molecule has 0 fully saturated rings. The average Bonchev–Trinajstić information content (AvgIpc) is 2.46. The Morgan fingerprint density at radius 3 is 2.37 bits per heavy atom. The van der Waals surface area contributed by atoms with Gasteiger partial charge in [0.2, 0.25) is 0 Å². The average molecular weight is 256 g/mol. The first-order chi connectivity index (χ1) is 9.15. The van der Waals surface area contributed by atoms with E-state index >= 15 is 0 Å². The third-order valence-corrected chi connectivity index (χ3v) is 3.39. The number of ether oxygens (including phenoxy) is 1. The Kier molecular flexibility index (Phi) is 4.23. The number of aliphatic hydroxyl groups excluding tert-OH is 1. The fourth-order valence-corrected chi connectivity index (χ4v) is 2.16. The van der Waals surface area contributed by atoms with Crippen LogP contribution in [0.15, 0.2) is 42.5 Å². The van der Waals surface area contributed by atoms with Crippen LogP contribution in [0.2, 0.25) is 0 Å². The van der Waals surface area contributed by atoms with Gasteiger partial charge in [-0.15, -0.1) is 0 Å². The maximum absolute atomic E-state index is 10.5. The second kappa shape index (κ2) is 5.89. The Bertz CT molecular complexity index is 544. The maximum atomic E-state index is 10.5. The molecule has 0 saturated carbocycles. The van der Waals surface area contributed by atoms with E-state index in [0.717, 1.165) is 28.9 Å². The van der Waals surface area contributed by atoms with Crippen LogP contribution in [0.1, 0.15) is 35.3 Å². The minimum absolute atomic E-state index is 0.651. The van der Waals surface area contributed by atoms with Crippen LogP contribution in [0.4, 0.5) is 0 Å². The lowest BCUT2D eigenvalue weighted by atomic mass is 9.98. The van der Waals surface area contributed by atoms with Crippen LogP contribution >= 0.6 is 0 Å². The zero-order chi connectivity index (χ0) is 13.8. The molecule has 0 aliphatic heterocycles. The minimum Gasteiger partial charge on any atom is -0.496 e. The summed E-state index contributed by atoms with van der Waals surface area (Å²) in [4.78, 5) is 0. The largest absolute Gasteiger partial charge is 0.496 e. The monoisotopic (exact) mass is 256 g/mol. The SMILES string of the molecule is CCc1ccc(C(O)c2ccc(C)cc2OC)cc1. The summed E-state index contributed by atoms with van der Waals surface area (Å²) >= 11 is 0. The van der Waals surface area contributed by atoms with Crippen molar-refractivity contribution in [3.63, 3.8) is 0 Å². The highest BCUT2D eigenvalue weighted by molar-refractivity contribution is 5.43. The molecule has 0 bridgehead atoms. The van der Waals surface area contributed by atoms with Crippen LogP contribution < -0.4 is 4.74 Å². The van der Waals surface area contributed by atoms with Gasteiger partial charge in [-0.25, -0.2) is 0 Å². The molecule has 0 radical (unpaired) electrons. The van der Waals surface area contributed by atoms with E-state index in [2.05, 4.69) is 19.1 Å². The molecule has 0 saturated heterocycles. The van der Waals surface area contributed by atoms with Gasteiger partial charge in [-0.2, -0.15) is 0 Å². The Balaban J connectivity index is 2.34. The van der Waals surface area contributed by atoms with Gasteiger partial charge in [0.1, 0.15) is 11.9 Å². The van der Waals surface area contributed by atoms with Crippen LogP contribution in [0.25, 0.3) is 0 Å². The summed E-state index contributed by atoms with van der Waals surface area (Å²) in [5.74, 6) is 0.729. The fraction of sp³-hybridized carbons (Fsp3) is 0.294. The second-order valence-corrected chi connectivity index (χ2v) is 4.74. The molecule has 2 aromatic carbocycles. The van der Waals surface area contributed by atoms with Gasteiger partial charge in [-0.1, -0.05) is 43.3 Å². The lowest BCUT2D eigenvalue weighted by molar-refractivity contribution is 0.214. The van der Waals surface area contributed by atoms with E-state index in [1.54, 1.807) is 7.11 Å². The molecule has 0 heterocycles. The number of hydrogen-bond donors (Lipinski definition) is 1. The number of benzene rings is 2. The summed E-state index contributed by atoms with van der Waals surface area (Å²) in [6.07, 6.45) is 0.353. The molecule has 0 spiro atoms. The first-order valence-corrected chi connectivity index (χ1v) is 6.57. The Labute approximate surface area is 114 Å². The highest BCUT2D eigenvalue weighted by atomic mass is 16.5. The van der Waals surface area contributed by atoms with E-state index in [-0.39, 0.29) is 0 Å². The zero-order valence-electron chi connectivity index (χ0n) is 11.7. The van der Waals surface area contributed by atoms with Crippen molar-refractivity contribution in [2.45, 2.75) is 26.4 Å². The minimum atomic E-state index is -0.651. The lowest BCUT2D eigenvalue weighted by Gasteiger charge is -2.16. The van der Waals surface area contributed by atoms with Gasteiger partial charge in [0.05, 0.1) is 7.11 Å². The zero-order valence-corrected chi connectivity index (χ0v) is 11.7. The number of rotatable bonds is 4. The molecule has 0 aliphatic carbocycles. The first kappa shape index (κ1) is 13.6. The fourth-order valence-electron chi connectivity index (χ4n) is 2.16. The van der Waals surface area contributed by atoms with Crippen molar-refractivity contribution in [1.29, 1.82) is 0 Å². The maximum Gasteiger partial charge on any atom is 0.125 e. The molecule has 19 heavy (non-hydrogen) atoms. The molecule has 1 N–H and O–H groups in total. The van der Waals surface area contributed by atoms with Crippen molar-refractivity contribution >= 4 is 0 Å².